The van der Waals surface area contributed by atoms with Crippen LogP contribution in [0.4, 0.5) is 10.2 Å². The van der Waals surface area contributed by atoms with Gasteiger partial charge in [-0.05, 0) is 24.1 Å². The lowest BCUT2D eigenvalue weighted by Crippen LogP contribution is -2.11. The van der Waals surface area contributed by atoms with Crippen LogP contribution in [0.3, 0.4) is 0 Å². The van der Waals surface area contributed by atoms with Crippen molar-refractivity contribution in [2.75, 3.05) is 11.9 Å². The Balaban J connectivity index is 1.96. The Morgan fingerprint density at radius 3 is 2.74 bits per heavy atom. The van der Waals surface area contributed by atoms with Gasteiger partial charge in [-0.15, -0.1) is 0 Å². The van der Waals surface area contributed by atoms with E-state index in [1.807, 2.05) is 0 Å². The quantitative estimate of drug-likeness (QED) is 0.860. The Bertz CT molecular complexity index is 572. The second-order valence-corrected chi connectivity index (χ2v) is 3.89. The number of halogens is 1. The van der Waals surface area contributed by atoms with Crippen molar-refractivity contribution in [2.24, 2.45) is 0 Å². The van der Waals surface area contributed by atoms with Crippen molar-refractivity contribution >= 4 is 11.8 Å². The first kappa shape index (κ1) is 12.9. The number of anilines is 1. The van der Waals surface area contributed by atoms with E-state index in [0.717, 1.165) is 5.56 Å². The molecule has 0 bridgehead atoms. The fourth-order valence-corrected chi connectivity index (χ4v) is 1.60. The Morgan fingerprint density at radius 2 is 2.05 bits per heavy atom. The van der Waals surface area contributed by atoms with Crippen molar-refractivity contribution in [3.8, 4) is 0 Å². The summed E-state index contributed by atoms with van der Waals surface area (Å²) in [5.41, 5.74) is 0.987. The summed E-state index contributed by atoms with van der Waals surface area (Å²) in [6.07, 6.45) is 3.17. The van der Waals surface area contributed by atoms with E-state index in [4.69, 9.17) is 5.11 Å². The van der Waals surface area contributed by atoms with Gasteiger partial charge in [0, 0.05) is 12.7 Å². The van der Waals surface area contributed by atoms with Gasteiger partial charge in [-0.2, -0.15) is 0 Å². The van der Waals surface area contributed by atoms with E-state index in [2.05, 4.69) is 15.3 Å². The minimum absolute atomic E-state index is 0.0293. The number of hydrogen-bond acceptors (Lipinski definition) is 4. The van der Waals surface area contributed by atoms with Gasteiger partial charge in [-0.1, -0.05) is 12.1 Å². The Labute approximate surface area is 109 Å². The van der Waals surface area contributed by atoms with Crippen LogP contribution in [0.25, 0.3) is 0 Å². The van der Waals surface area contributed by atoms with Crippen molar-refractivity contribution in [1.82, 2.24) is 9.97 Å². The molecule has 0 unspecified atom stereocenters. The zero-order valence-electron chi connectivity index (χ0n) is 10.0. The number of nitrogens with one attached hydrogen (secondary N) is 1. The van der Waals surface area contributed by atoms with E-state index in [-0.39, 0.29) is 17.2 Å². The van der Waals surface area contributed by atoms with Crippen LogP contribution in [0.15, 0.2) is 36.8 Å². The van der Waals surface area contributed by atoms with E-state index >= 15 is 0 Å². The summed E-state index contributed by atoms with van der Waals surface area (Å²) in [6, 6.07) is 6.16. The fourth-order valence-electron chi connectivity index (χ4n) is 1.60. The number of rotatable bonds is 5. The normalized spacial score (nSPS) is 10.2. The first-order valence-electron chi connectivity index (χ1n) is 5.68. The van der Waals surface area contributed by atoms with E-state index < -0.39 is 5.97 Å². The first-order valence-corrected chi connectivity index (χ1v) is 5.68. The highest BCUT2D eigenvalue weighted by Crippen LogP contribution is 2.10. The van der Waals surface area contributed by atoms with Crippen LogP contribution >= 0.6 is 0 Å². The first-order chi connectivity index (χ1) is 9.16. The summed E-state index contributed by atoms with van der Waals surface area (Å²) < 4.78 is 12.7. The van der Waals surface area contributed by atoms with Crippen LogP contribution in [0.2, 0.25) is 0 Å². The van der Waals surface area contributed by atoms with Gasteiger partial charge in [-0.3, -0.25) is 0 Å². The van der Waals surface area contributed by atoms with E-state index in [9.17, 15) is 9.18 Å². The highest BCUT2D eigenvalue weighted by molar-refractivity contribution is 5.92. The van der Waals surface area contributed by atoms with Crippen LogP contribution in [0.5, 0.6) is 0 Å². The number of aromatic nitrogens is 2. The number of benzene rings is 1. The van der Waals surface area contributed by atoms with Crippen molar-refractivity contribution < 1.29 is 14.3 Å². The zero-order valence-corrected chi connectivity index (χ0v) is 10.0. The highest BCUT2D eigenvalue weighted by Gasteiger charge is 2.10. The van der Waals surface area contributed by atoms with Crippen molar-refractivity contribution in [1.29, 1.82) is 0 Å². The molecule has 19 heavy (non-hydrogen) atoms. The summed E-state index contributed by atoms with van der Waals surface area (Å²) in [5.74, 6) is -1.07. The molecule has 98 valence electrons. The van der Waals surface area contributed by atoms with Gasteiger partial charge in [-0.25, -0.2) is 19.2 Å². The van der Waals surface area contributed by atoms with Gasteiger partial charge >= 0.3 is 5.97 Å². The van der Waals surface area contributed by atoms with E-state index in [1.54, 1.807) is 12.1 Å². The minimum atomic E-state index is -1.08. The molecule has 1 aromatic carbocycles. The molecule has 0 fully saturated rings. The lowest BCUT2D eigenvalue weighted by Gasteiger charge is -2.07. The molecule has 0 radical (unpaired) electrons. The molecular formula is C13H12FN3O2. The van der Waals surface area contributed by atoms with Crippen molar-refractivity contribution in [2.45, 2.75) is 6.42 Å². The maximum absolute atomic E-state index is 12.7. The van der Waals surface area contributed by atoms with Crippen molar-refractivity contribution in [3.05, 3.63) is 53.7 Å². The summed E-state index contributed by atoms with van der Waals surface area (Å²) in [5, 5.41) is 11.9. The molecule has 0 amide bonds. The molecule has 0 saturated heterocycles. The van der Waals surface area contributed by atoms with Gasteiger partial charge in [0.15, 0.2) is 0 Å². The number of carboxylic acid groups (broad SMARTS) is 1. The average molecular weight is 261 g/mol. The van der Waals surface area contributed by atoms with Crippen LogP contribution in [0, 0.1) is 5.82 Å². The highest BCUT2D eigenvalue weighted by atomic mass is 19.1. The molecule has 5 nitrogen and oxygen atoms in total. The predicted octanol–water partition coefficient (Wildman–Crippen LogP) is 1.97. The van der Waals surface area contributed by atoms with Crippen LogP contribution in [0.1, 0.15) is 15.9 Å². The Kier molecular flexibility index (Phi) is 4.02. The van der Waals surface area contributed by atoms with Crippen LogP contribution < -0.4 is 5.32 Å². The zero-order chi connectivity index (χ0) is 13.7. The molecule has 1 heterocycles. The number of carboxylic acids is 1. The number of hydrogen-bond donors (Lipinski definition) is 2. The summed E-state index contributed by atoms with van der Waals surface area (Å²) in [6.45, 7) is 0.503. The maximum Gasteiger partial charge on any atom is 0.341 e. The van der Waals surface area contributed by atoms with Crippen LogP contribution in [-0.2, 0) is 6.42 Å². The number of carbonyl (C=O) groups is 1. The molecule has 2 N–H and O–H groups in total. The second kappa shape index (κ2) is 5.90. The second-order valence-electron chi connectivity index (χ2n) is 3.89. The number of aromatic carboxylic acids is 1. The molecule has 0 aliphatic carbocycles. The molecule has 0 spiro atoms. The predicted molar refractivity (Wildman–Crippen MR) is 67.6 cm³/mol. The van der Waals surface area contributed by atoms with Gasteiger partial charge < -0.3 is 10.4 Å². The Morgan fingerprint density at radius 1 is 1.32 bits per heavy atom. The summed E-state index contributed by atoms with van der Waals surface area (Å²) >= 11 is 0. The Hall–Kier alpha value is -2.50. The largest absolute Gasteiger partial charge is 0.477 e. The molecule has 2 aromatic rings. The lowest BCUT2D eigenvalue weighted by molar-refractivity contribution is 0.0697. The summed E-state index contributed by atoms with van der Waals surface area (Å²) in [4.78, 5) is 18.5. The third-order valence-electron chi connectivity index (χ3n) is 2.56. The third-order valence-corrected chi connectivity index (χ3v) is 2.56. The fraction of sp³-hybridized carbons (Fsp3) is 0.154. The smallest absolute Gasteiger partial charge is 0.341 e. The molecular weight excluding hydrogens is 249 g/mol. The monoisotopic (exact) mass is 261 g/mol. The molecule has 0 atom stereocenters. The topological polar surface area (TPSA) is 75.1 Å². The number of nitrogens with zero attached hydrogens (tertiary/aromatic N) is 2. The summed E-state index contributed by atoms with van der Waals surface area (Å²) in [7, 11) is 0. The van der Waals surface area contributed by atoms with Crippen molar-refractivity contribution in [3.63, 3.8) is 0 Å². The maximum atomic E-state index is 12.7. The molecule has 0 aliphatic rings. The third kappa shape index (κ3) is 3.48. The average Bonchev–Trinajstić information content (AvgIpc) is 2.41. The van der Waals surface area contributed by atoms with Gasteiger partial charge in [0.25, 0.3) is 0 Å². The molecule has 6 heteroatoms. The van der Waals surface area contributed by atoms with E-state index in [0.29, 0.717) is 13.0 Å². The molecule has 2 rings (SSSR count). The molecule has 0 saturated carbocycles. The van der Waals surface area contributed by atoms with Gasteiger partial charge in [0.1, 0.15) is 23.5 Å². The standard InChI is InChI=1S/C13H12FN3O2/c14-10-3-1-9(2-4-10)5-6-16-12-11(13(18)19)7-15-8-17-12/h1-4,7-8H,5-6H2,(H,18,19)(H,15,16,17). The van der Waals surface area contributed by atoms with E-state index in [1.165, 1.54) is 24.7 Å². The molecule has 1 aromatic heterocycles. The minimum Gasteiger partial charge on any atom is -0.477 e. The van der Waals surface area contributed by atoms with Crippen LogP contribution in [-0.4, -0.2) is 27.6 Å². The molecule has 0 aliphatic heterocycles. The van der Waals surface area contributed by atoms with Gasteiger partial charge in [0.05, 0.1) is 0 Å². The SMILES string of the molecule is O=C(O)c1cncnc1NCCc1ccc(F)cc1. The lowest BCUT2D eigenvalue weighted by atomic mass is 10.1. The van der Waals surface area contributed by atoms with Gasteiger partial charge in [0.2, 0.25) is 0 Å².